The molecule has 0 saturated carbocycles. The van der Waals surface area contributed by atoms with Crippen molar-refractivity contribution in [3.8, 4) is 17.4 Å². The zero-order valence-corrected chi connectivity index (χ0v) is 13.9. The lowest BCUT2D eigenvalue weighted by Crippen LogP contribution is -1.98. The fraction of sp³-hybridized carbons (Fsp3) is 0.222. The number of halogens is 1. The Morgan fingerprint density at radius 2 is 2.12 bits per heavy atom. The molecule has 128 valence electrons. The number of hydrogen-bond acceptors (Lipinski definition) is 4. The van der Waals surface area contributed by atoms with E-state index < -0.39 is 5.82 Å². The van der Waals surface area contributed by atoms with E-state index in [-0.39, 0.29) is 11.6 Å². The summed E-state index contributed by atoms with van der Waals surface area (Å²) < 4.78 is 27.8. The van der Waals surface area contributed by atoms with Crippen molar-refractivity contribution >= 4 is 16.4 Å². The molecule has 7 heteroatoms. The molecule has 6 nitrogen and oxygen atoms in total. The van der Waals surface area contributed by atoms with E-state index in [0.29, 0.717) is 28.8 Å². The number of benzene rings is 1. The quantitative estimate of drug-likeness (QED) is 0.590. The van der Waals surface area contributed by atoms with E-state index >= 15 is 0 Å². The first kappa shape index (κ1) is 15.4. The third-order valence-electron chi connectivity index (χ3n) is 4.05. The number of aromatic nitrogens is 4. The van der Waals surface area contributed by atoms with Crippen LogP contribution in [-0.4, -0.2) is 26.2 Å². The summed E-state index contributed by atoms with van der Waals surface area (Å²) in [6, 6.07) is 5.03. The molecule has 0 fully saturated rings. The van der Waals surface area contributed by atoms with Crippen LogP contribution in [0.15, 0.2) is 36.9 Å². The Morgan fingerprint density at radius 3 is 2.96 bits per heavy atom. The van der Waals surface area contributed by atoms with E-state index in [0.717, 1.165) is 12.0 Å². The molecule has 0 bridgehead atoms. The van der Waals surface area contributed by atoms with Gasteiger partial charge in [-0.1, -0.05) is 6.92 Å². The van der Waals surface area contributed by atoms with Gasteiger partial charge in [0.25, 0.3) is 0 Å². The second kappa shape index (κ2) is 6.08. The molecule has 0 unspecified atom stereocenters. The number of nitrogens with one attached hydrogen (secondary N) is 1. The zero-order valence-electron chi connectivity index (χ0n) is 13.9. The summed E-state index contributed by atoms with van der Waals surface area (Å²) in [4.78, 5) is 7.15. The number of aromatic amines is 1. The fourth-order valence-corrected chi connectivity index (χ4v) is 2.80. The number of nitrogens with zero attached hydrogens (tertiary/aromatic N) is 3. The van der Waals surface area contributed by atoms with E-state index in [1.807, 2.05) is 13.8 Å². The summed E-state index contributed by atoms with van der Waals surface area (Å²) >= 11 is 0. The third-order valence-corrected chi connectivity index (χ3v) is 4.05. The van der Waals surface area contributed by atoms with E-state index in [1.165, 1.54) is 6.33 Å². The highest BCUT2D eigenvalue weighted by Gasteiger charge is 2.17. The monoisotopic (exact) mass is 340 g/mol. The lowest BCUT2D eigenvalue weighted by molar-refractivity contribution is 0.315. The van der Waals surface area contributed by atoms with Crippen molar-refractivity contribution in [1.82, 2.24) is 19.6 Å². The summed E-state index contributed by atoms with van der Waals surface area (Å²) in [5.41, 5.74) is 2.22. The topological polar surface area (TPSA) is 64.4 Å². The van der Waals surface area contributed by atoms with Crippen molar-refractivity contribution in [3.05, 3.63) is 48.3 Å². The fourth-order valence-electron chi connectivity index (χ4n) is 2.80. The van der Waals surface area contributed by atoms with Crippen LogP contribution >= 0.6 is 0 Å². The van der Waals surface area contributed by atoms with Crippen LogP contribution in [0, 0.1) is 12.7 Å². The molecule has 1 aromatic carbocycles. The minimum Gasteiger partial charge on any atom is -0.492 e. The molecule has 0 saturated heterocycles. The van der Waals surface area contributed by atoms with Gasteiger partial charge in [-0.05, 0) is 31.5 Å². The predicted molar refractivity (Wildman–Crippen MR) is 91.8 cm³/mol. The van der Waals surface area contributed by atoms with Crippen molar-refractivity contribution in [1.29, 1.82) is 0 Å². The molecular formula is C18H17FN4O2. The van der Waals surface area contributed by atoms with Crippen molar-refractivity contribution in [2.24, 2.45) is 0 Å². The number of H-pyrrole nitrogens is 1. The second-order valence-corrected chi connectivity index (χ2v) is 5.74. The molecule has 0 aliphatic rings. The van der Waals surface area contributed by atoms with Crippen LogP contribution in [0.4, 0.5) is 4.39 Å². The van der Waals surface area contributed by atoms with Gasteiger partial charge in [0.2, 0.25) is 5.88 Å². The molecule has 0 radical (unpaired) electrons. The van der Waals surface area contributed by atoms with Crippen LogP contribution in [0.3, 0.4) is 0 Å². The maximum Gasteiger partial charge on any atom is 0.247 e. The Morgan fingerprint density at radius 1 is 1.24 bits per heavy atom. The molecule has 4 aromatic rings. The molecule has 4 rings (SSSR count). The van der Waals surface area contributed by atoms with Crippen LogP contribution in [-0.2, 0) is 0 Å². The Hall–Kier alpha value is -3.09. The highest BCUT2D eigenvalue weighted by Crippen LogP contribution is 2.34. The lowest BCUT2D eigenvalue weighted by atomic mass is 10.2. The van der Waals surface area contributed by atoms with Crippen molar-refractivity contribution in [2.75, 3.05) is 6.61 Å². The van der Waals surface area contributed by atoms with Gasteiger partial charge in [0.1, 0.15) is 17.6 Å². The van der Waals surface area contributed by atoms with Crippen LogP contribution < -0.4 is 9.47 Å². The first-order valence-corrected chi connectivity index (χ1v) is 8.08. The summed E-state index contributed by atoms with van der Waals surface area (Å²) in [5.74, 6) is 0.688. The molecule has 3 aromatic heterocycles. The van der Waals surface area contributed by atoms with E-state index in [4.69, 9.17) is 9.47 Å². The van der Waals surface area contributed by atoms with Crippen LogP contribution in [0.2, 0.25) is 0 Å². The van der Waals surface area contributed by atoms with Gasteiger partial charge in [0.15, 0.2) is 11.6 Å². The highest BCUT2D eigenvalue weighted by atomic mass is 19.1. The molecule has 25 heavy (non-hydrogen) atoms. The number of rotatable bonds is 5. The average molecular weight is 340 g/mol. The van der Waals surface area contributed by atoms with Crippen LogP contribution in [0.1, 0.15) is 18.9 Å². The highest BCUT2D eigenvalue weighted by molar-refractivity contribution is 5.82. The van der Waals surface area contributed by atoms with Crippen molar-refractivity contribution in [2.45, 2.75) is 20.3 Å². The van der Waals surface area contributed by atoms with Crippen molar-refractivity contribution in [3.63, 3.8) is 0 Å². The van der Waals surface area contributed by atoms with E-state index in [9.17, 15) is 4.39 Å². The van der Waals surface area contributed by atoms with E-state index in [2.05, 4.69) is 15.1 Å². The Labute approximate surface area is 143 Å². The number of ether oxygens (including phenoxy) is 2. The molecular weight excluding hydrogens is 323 g/mol. The van der Waals surface area contributed by atoms with Gasteiger partial charge < -0.3 is 14.5 Å². The van der Waals surface area contributed by atoms with Crippen molar-refractivity contribution < 1.29 is 13.9 Å². The third kappa shape index (κ3) is 2.57. The van der Waals surface area contributed by atoms with Crippen LogP contribution in [0.25, 0.3) is 16.4 Å². The van der Waals surface area contributed by atoms with Gasteiger partial charge in [0.05, 0.1) is 12.8 Å². The molecule has 0 amide bonds. The predicted octanol–water partition coefficient (Wildman–Crippen LogP) is 4.24. The minimum atomic E-state index is -0.429. The summed E-state index contributed by atoms with van der Waals surface area (Å²) in [7, 11) is 0. The number of aryl methyl sites for hydroxylation is 1. The Bertz CT molecular complexity index is 1050. The molecule has 0 spiro atoms. The number of fused-ring (bicyclic) bond motifs is 2. The first-order valence-electron chi connectivity index (χ1n) is 8.08. The van der Waals surface area contributed by atoms with Gasteiger partial charge in [0, 0.05) is 22.7 Å². The van der Waals surface area contributed by atoms with E-state index in [1.54, 1.807) is 35.1 Å². The van der Waals surface area contributed by atoms with Gasteiger partial charge in [-0.3, -0.25) is 0 Å². The SMILES string of the molecule is CCCOc1cn2ncnc(Oc3ccc4[nH]ccc4c3F)c2c1C. The smallest absolute Gasteiger partial charge is 0.247 e. The maximum absolute atomic E-state index is 14.6. The average Bonchev–Trinajstić information content (AvgIpc) is 3.21. The lowest BCUT2D eigenvalue weighted by Gasteiger charge is -2.08. The Balaban J connectivity index is 1.78. The largest absolute Gasteiger partial charge is 0.492 e. The normalized spacial score (nSPS) is 11.3. The molecule has 0 aliphatic carbocycles. The van der Waals surface area contributed by atoms with Gasteiger partial charge in [-0.2, -0.15) is 10.1 Å². The molecule has 0 aliphatic heterocycles. The summed E-state index contributed by atoms with van der Waals surface area (Å²) in [6.07, 6.45) is 5.75. The summed E-state index contributed by atoms with van der Waals surface area (Å²) in [6.45, 7) is 4.56. The second-order valence-electron chi connectivity index (χ2n) is 5.74. The number of hydrogen-bond donors (Lipinski definition) is 1. The van der Waals surface area contributed by atoms with Gasteiger partial charge in [-0.25, -0.2) is 8.91 Å². The van der Waals surface area contributed by atoms with Gasteiger partial charge in [-0.15, -0.1) is 0 Å². The molecule has 0 atom stereocenters. The maximum atomic E-state index is 14.6. The molecule has 3 heterocycles. The zero-order chi connectivity index (χ0) is 17.4. The Kier molecular flexibility index (Phi) is 3.76. The summed E-state index contributed by atoms with van der Waals surface area (Å²) in [5, 5.41) is 4.66. The first-order chi connectivity index (χ1) is 12.2. The molecule has 1 N–H and O–H groups in total. The van der Waals surface area contributed by atoms with Gasteiger partial charge >= 0.3 is 0 Å². The van der Waals surface area contributed by atoms with Crippen LogP contribution in [0.5, 0.6) is 17.4 Å². The standard InChI is InChI=1S/C18H17FN4O2/c1-3-8-24-15-9-23-17(11(15)2)18(21-10-22-23)25-14-5-4-13-12(16(14)19)6-7-20-13/h4-7,9-10,20H,3,8H2,1-2H3. The minimum absolute atomic E-state index is 0.115.